The molecule has 10 heteroatoms. The number of aliphatic carboxylic acids is 1. The topological polar surface area (TPSA) is 121 Å². The summed E-state index contributed by atoms with van der Waals surface area (Å²) in [5, 5.41) is 11.2. The molecule has 2 heterocycles. The van der Waals surface area contributed by atoms with E-state index in [0.29, 0.717) is 36.0 Å². The molecule has 2 saturated heterocycles. The molecule has 0 aliphatic carbocycles. The zero-order chi connectivity index (χ0) is 21.9. The molecular weight excluding hydrogens is 410 g/mol. The molecular formula is C20H28N3O6S+. The van der Waals surface area contributed by atoms with Crippen LogP contribution in [0, 0.1) is 0 Å². The molecule has 0 radical (unpaired) electrons. The van der Waals surface area contributed by atoms with E-state index in [4.69, 9.17) is 5.11 Å². The highest BCUT2D eigenvalue weighted by atomic mass is 32.2. The van der Waals surface area contributed by atoms with E-state index >= 15 is 0 Å². The summed E-state index contributed by atoms with van der Waals surface area (Å²) in [5.41, 5.74) is 1.41. The van der Waals surface area contributed by atoms with Crippen molar-refractivity contribution >= 4 is 27.8 Å². The Labute approximate surface area is 176 Å². The Kier molecular flexibility index (Phi) is 6.47. The number of nitrogens with zero attached hydrogens (tertiary/aromatic N) is 2. The van der Waals surface area contributed by atoms with Crippen molar-refractivity contribution in [2.24, 2.45) is 0 Å². The first-order chi connectivity index (χ1) is 14.2. The maximum Gasteiger partial charge on any atom is 0.305 e. The summed E-state index contributed by atoms with van der Waals surface area (Å²) < 4.78 is 26.6. The summed E-state index contributed by atoms with van der Waals surface area (Å²) in [7, 11) is -3.55. The quantitative estimate of drug-likeness (QED) is 0.544. The van der Waals surface area contributed by atoms with Gasteiger partial charge in [-0.1, -0.05) is 19.1 Å². The number of hydrogen-bond donors (Lipinski definition) is 2. The van der Waals surface area contributed by atoms with E-state index in [1.165, 1.54) is 0 Å². The molecule has 2 aliphatic heterocycles. The number of carboxylic acid groups (broad SMARTS) is 1. The van der Waals surface area contributed by atoms with Crippen LogP contribution in [0.15, 0.2) is 24.3 Å². The maximum atomic E-state index is 12.7. The average Bonchev–Trinajstić information content (AvgIpc) is 2.98. The van der Waals surface area contributed by atoms with Gasteiger partial charge in [0.15, 0.2) is 6.54 Å². The Morgan fingerprint density at radius 3 is 2.60 bits per heavy atom. The number of carboxylic acids is 1. The number of sulfonamides is 1. The lowest BCUT2D eigenvalue weighted by Gasteiger charge is -2.40. The second-order valence-electron chi connectivity index (χ2n) is 8.11. The standard InChI is InChI=1S/C20H27N3O6S/c1-2-11-30(28,29)22-17-8-10-23(13-17,14-18(22)24)12-15-3-5-16(6-4-15)20(27)21-9-7-19(25)26/h3-6,17H,2,7-14H2,1H3,(H-,21,25,26,27)/p+1. The average molecular weight is 439 g/mol. The van der Waals surface area contributed by atoms with Gasteiger partial charge in [0.1, 0.15) is 19.1 Å². The number of rotatable bonds is 9. The van der Waals surface area contributed by atoms with Crippen LogP contribution >= 0.6 is 0 Å². The summed E-state index contributed by atoms with van der Waals surface area (Å²) in [6.45, 7) is 3.98. The number of hydrogen-bond acceptors (Lipinski definition) is 5. The number of quaternary nitrogens is 1. The van der Waals surface area contributed by atoms with E-state index in [9.17, 15) is 22.8 Å². The highest BCUT2D eigenvalue weighted by Crippen LogP contribution is 2.33. The third-order valence-corrected chi connectivity index (χ3v) is 7.73. The molecule has 0 saturated carbocycles. The summed E-state index contributed by atoms with van der Waals surface area (Å²) in [5.74, 6) is -1.64. The first-order valence-electron chi connectivity index (χ1n) is 10.1. The van der Waals surface area contributed by atoms with Gasteiger partial charge in [0.25, 0.3) is 11.8 Å². The van der Waals surface area contributed by atoms with Crippen molar-refractivity contribution in [3.63, 3.8) is 0 Å². The smallest absolute Gasteiger partial charge is 0.305 e. The van der Waals surface area contributed by atoms with Crippen molar-refractivity contribution in [2.75, 3.05) is 31.9 Å². The van der Waals surface area contributed by atoms with Gasteiger partial charge in [-0.15, -0.1) is 0 Å². The van der Waals surface area contributed by atoms with E-state index in [-0.39, 0.29) is 43.1 Å². The fourth-order valence-corrected chi connectivity index (χ4v) is 6.13. The normalized spacial score (nSPS) is 23.4. The summed E-state index contributed by atoms with van der Waals surface area (Å²) in [6.07, 6.45) is 1.01. The minimum atomic E-state index is -3.55. The molecule has 0 aromatic heterocycles. The third kappa shape index (κ3) is 4.81. The van der Waals surface area contributed by atoms with Gasteiger partial charge in [0, 0.05) is 24.1 Å². The molecule has 0 spiro atoms. The molecule has 2 unspecified atom stereocenters. The Hall–Kier alpha value is -2.46. The van der Waals surface area contributed by atoms with Gasteiger partial charge in [-0.3, -0.25) is 14.4 Å². The summed E-state index contributed by atoms with van der Waals surface area (Å²) in [4.78, 5) is 35.3. The van der Waals surface area contributed by atoms with Gasteiger partial charge < -0.3 is 14.9 Å². The predicted octanol–water partition coefficient (Wildman–Crippen LogP) is 0.562. The lowest BCUT2D eigenvalue weighted by atomic mass is 10.1. The van der Waals surface area contributed by atoms with Gasteiger partial charge >= 0.3 is 5.97 Å². The molecule has 2 amide bonds. The summed E-state index contributed by atoms with van der Waals surface area (Å²) in [6, 6.07) is 6.75. The van der Waals surface area contributed by atoms with Crippen molar-refractivity contribution < 1.29 is 32.4 Å². The molecule has 2 fully saturated rings. The van der Waals surface area contributed by atoms with E-state index < -0.39 is 16.0 Å². The molecule has 164 valence electrons. The van der Waals surface area contributed by atoms with Crippen LogP contribution in [-0.2, 0) is 26.2 Å². The number of fused-ring (bicyclic) bond motifs is 2. The van der Waals surface area contributed by atoms with Crippen molar-refractivity contribution in [1.82, 2.24) is 9.62 Å². The predicted molar refractivity (Wildman–Crippen MR) is 109 cm³/mol. The SMILES string of the molecule is CCCS(=O)(=O)N1C(=O)C[N+]2(Cc3ccc(C(=O)NCCC(=O)O)cc3)CCC1C2. The molecule has 2 aliphatic rings. The Balaban J connectivity index is 1.64. The number of benzene rings is 1. The number of carbonyl (C=O) groups is 3. The Morgan fingerprint density at radius 1 is 1.27 bits per heavy atom. The second-order valence-corrected chi connectivity index (χ2v) is 10.1. The van der Waals surface area contributed by atoms with E-state index in [1.807, 2.05) is 12.1 Å². The van der Waals surface area contributed by atoms with Gasteiger partial charge in [-0.25, -0.2) is 12.7 Å². The van der Waals surface area contributed by atoms with Crippen molar-refractivity contribution in [2.45, 2.75) is 38.8 Å². The molecule has 9 nitrogen and oxygen atoms in total. The zero-order valence-electron chi connectivity index (χ0n) is 17.0. The van der Waals surface area contributed by atoms with Crippen LogP contribution in [0.2, 0.25) is 0 Å². The lowest BCUT2D eigenvalue weighted by molar-refractivity contribution is -0.925. The second kappa shape index (κ2) is 8.73. The molecule has 2 bridgehead atoms. The van der Waals surface area contributed by atoms with Crippen molar-refractivity contribution in [3.05, 3.63) is 35.4 Å². The minimum Gasteiger partial charge on any atom is -0.481 e. The number of amides is 2. The molecule has 3 rings (SSSR count). The van der Waals surface area contributed by atoms with Crippen LogP contribution in [0.3, 0.4) is 0 Å². The Morgan fingerprint density at radius 2 is 1.97 bits per heavy atom. The molecule has 2 N–H and O–H groups in total. The van der Waals surface area contributed by atoms with Gasteiger partial charge in [0.2, 0.25) is 10.0 Å². The van der Waals surface area contributed by atoms with Gasteiger partial charge in [-0.05, 0) is 18.6 Å². The molecule has 1 aromatic rings. The van der Waals surface area contributed by atoms with E-state index in [2.05, 4.69) is 5.32 Å². The summed E-state index contributed by atoms with van der Waals surface area (Å²) >= 11 is 0. The zero-order valence-corrected chi connectivity index (χ0v) is 17.9. The monoisotopic (exact) mass is 438 g/mol. The molecule has 2 atom stereocenters. The third-order valence-electron chi connectivity index (χ3n) is 5.70. The lowest BCUT2D eigenvalue weighted by Crippen LogP contribution is -2.61. The fourth-order valence-electron chi connectivity index (χ4n) is 4.42. The van der Waals surface area contributed by atoms with Crippen LogP contribution in [0.4, 0.5) is 0 Å². The van der Waals surface area contributed by atoms with E-state index in [1.54, 1.807) is 19.1 Å². The number of carbonyl (C=O) groups excluding carboxylic acids is 2. The van der Waals surface area contributed by atoms with Crippen LogP contribution in [0.1, 0.15) is 42.1 Å². The van der Waals surface area contributed by atoms with Gasteiger partial charge in [-0.2, -0.15) is 0 Å². The van der Waals surface area contributed by atoms with Gasteiger partial charge in [0.05, 0.1) is 18.7 Å². The van der Waals surface area contributed by atoms with Crippen LogP contribution in [-0.4, -0.2) is 78.1 Å². The minimum absolute atomic E-state index is 0.00870. The van der Waals surface area contributed by atoms with Crippen molar-refractivity contribution in [3.8, 4) is 0 Å². The van der Waals surface area contributed by atoms with Crippen molar-refractivity contribution in [1.29, 1.82) is 0 Å². The number of piperazine rings is 1. The largest absolute Gasteiger partial charge is 0.481 e. The Bertz CT molecular complexity index is 930. The van der Waals surface area contributed by atoms with Crippen LogP contribution < -0.4 is 5.32 Å². The van der Waals surface area contributed by atoms with Crippen LogP contribution in [0.5, 0.6) is 0 Å². The highest BCUT2D eigenvalue weighted by Gasteiger charge is 2.52. The van der Waals surface area contributed by atoms with E-state index in [0.717, 1.165) is 16.4 Å². The maximum absolute atomic E-state index is 12.7. The highest BCUT2D eigenvalue weighted by molar-refractivity contribution is 7.89. The number of nitrogens with one attached hydrogen (secondary N) is 1. The molecule has 30 heavy (non-hydrogen) atoms. The first-order valence-corrected chi connectivity index (χ1v) is 11.8. The first kappa shape index (κ1) is 22.2. The fraction of sp³-hybridized carbons (Fsp3) is 0.550. The van der Waals surface area contributed by atoms with Crippen LogP contribution in [0.25, 0.3) is 0 Å². The molecule has 1 aromatic carbocycles.